The number of rotatable bonds is 5. The van der Waals surface area contributed by atoms with E-state index in [9.17, 15) is 9.59 Å². The van der Waals surface area contributed by atoms with Crippen LogP contribution in [0.25, 0.3) is 0 Å². The normalized spacial score (nSPS) is 18.2. The largest absolute Gasteiger partial charge is 0.468 e. The number of likely N-dealkylation sites (N-methyl/N-ethyl adjacent to an activating group) is 1. The monoisotopic (exact) mass is 324 g/mol. The number of esters is 1. The lowest BCUT2D eigenvalue weighted by Gasteiger charge is -2.25. The molecule has 1 atom stereocenters. The molecule has 0 aliphatic carbocycles. The molecule has 2 rings (SSSR count). The summed E-state index contributed by atoms with van der Waals surface area (Å²) in [7, 11) is 3.15. The molecule has 1 saturated heterocycles. The summed E-state index contributed by atoms with van der Waals surface area (Å²) in [6.07, 6.45) is 1.66. The maximum absolute atomic E-state index is 12.3. The van der Waals surface area contributed by atoms with Gasteiger partial charge in [0.25, 0.3) is 0 Å². The summed E-state index contributed by atoms with van der Waals surface area (Å²) < 4.78 is 4.80. The average Bonchev–Trinajstić information content (AvgIpc) is 2.96. The minimum absolute atomic E-state index is 0.00856. The summed E-state index contributed by atoms with van der Waals surface area (Å²) in [5.41, 5.74) is 1.02. The average molecular weight is 325 g/mol. The van der Waals surface area contributed by atoms with Gasteiger partial charge in [-0.25, -0.2) is 0 Å². The number of likely N-dealkylation sites (tertiary alicyclic amines) is 1. The Bertz CT molecular complexity index is 533. The zero-order valence-corrected chi connectivity index (χ0v) is 13.7. The van der Waals surface area contributed by atoms with Crippen molar-refractivity contribution >= 4 is 23.5 Å². The van der Waals surface area contributed by atoms with Gasteiger partial charge >= 0.3 is 5.97 Å². The van der Waals surface area contributed by atoms with Crippen LogP contribution in [0.3, 0.4) is 0 Å². The predicted octanol–water partition coefficient (Wildman–Crippen LogP) is 1.94. The molecular weight excluding hydrogens is 304 g/mol. The molecule has 120 valence electrons. The highest BCUT2D eigenvalue weighted by atomic mass is 35.5. The van der Waals surface area contributed by atoms with E-state index in [0.717, 1.165) is 24.9 Å². The fraction of sp³-hybridized carbons (Fsp3) is 0.500. The van der Waals surface area contributed by atoms with Crippen LogP contribution in [-0.4, -0.2) is 55.0 Å². The van der Waals surface area contributed by atoms with E-state index in [0.29, 0.717) is 11.6 Å². The smallest absolute Gasteiger partial charge is 0.323 e. The van der Waals surface area contributed by atoms with Crippen LogP contribution >= 0.6 is 11.6 Å². The number of carbonyl (C=O) groups excluding carboxylic acids is 2. The fourth-order valence-corrected chi connectivity index (χ4v) is 2.79. The van der Waals surface area contributed by atoms with Crippen molar-refractivity contribution in [3.63, 3.8) is 0 Å². The van der Waals surface area contributed by atoms with Crippen LogP contribution in [0.4, 0.5) is 0 Å². The third-order valence-corrected chi connectivity index (χ3v) is 4.19. The first-order valence-electron chi connectivity index (χ1n) is 7.31. The molecule has 5 nitrogen and oxygen atoms in total. The molecule has 0 bridgehead atoms. The van der Waals surface area contributed by atoms with Crippen LogP contribution in [0, 0.1) is 0 Å². The number of benzene rings is 1. The number of ether oxygens (including phenoxy) is 1. The van der Waals surface area contributed by atoms with Crippen LogP contribution in [-0.2, 0) is 20.9 Å². The van der Waals surface area contributed by atoms with Crippen molar-refractivity contribution in [3.8, 4) is 0 Å². The van der Waals surface area contributed by atoms with Crippen molar-refractivity contribution in [2.75, 3.05) is 27.2 Å². The minimum Gasteiger partial charge on any atom is -0.468 e. The summed E-state index contributed by atoms with van der Waals surface area (Å²) in [5.74, 6) is -0.267. The first kappa shape index (κ1) is 16.8. The highest BCUT2D eigenvalue weighted by Crippen LogP contribution is 2.18. The molecule has 0 N–H and O–H groups in total. The Kier molecular flexibility index (Phi) is 5.80. The van der Waals surface area contributed by atoms with Crippen molar-refractivity contribution in [2.45, 2.75) is 25.4 Å². The van der Waals surface area contributed by atoms with Crippen LogP contribution in [0.5, 0.6) is 0 Å². The Morgan fingerprint density at radius 2 is 2.05 bits per heavy atom. The van der Waals surface area contributed by atoms with E-state index in [1.807, 2.05) is 29.2 Å². The summed E-state index contributed by atoms with van der Waals surface area (Å²) in [6, 6.07) is 7.13. The molecule has 1 fully saturated rings. The molecule has 6 heteroatoms. The number of halogens is 1. The number of amides is 1. The van der Waals surface area contributed by atoms with Gasteiger partial charge in [-0.1, -0.05) is 23.7 Å². The highest BCUT2D eigenvalue weighted by Gasteiger charge is 2.33. The lowest BCUT2D eigenvalue weighted by Crippen LogP contribution is -2.43. The fourth-order valence-electron chi connectivity index (χ4n) is 2.66. The molecule has 0 radical (unpaired) electrons. The molecule has 0 saturated carbocycles. The van der Waals surface area contributed by atoms with E-state index in [1.165, 1.54) is 7.11 Å². The first-order valence-corrected chi connectivity index (χ1v) is 7.69. The second kappa shape index (κ2) is 7.61. The van der Waals surface area contributed by atoms with Gasteiger partial charge in [0.2, 0.25) is 5.91 Å². The Labute approximate surface area is 135 Å². The number of carbonyl (C=O) groups is 2. The van der Waals surface area contributed by atoms with E-state index in [2.05, 4.69) is 0 Å². The van der Waals surface area contributed by atoms with Gasteiger partial charge < -0.3 is 9.64 Å². The van der Waals surface area contributed by atoms with Crippen molar-refractivity contribution < 1.29 is 14.3 Å². The van der Waals surface area contributed by atoms with Crippen LogP contribution in [0.2, 0.25) is 5.02 Å². The Morgan fingerprint density at radius 1 is 1.36 bits per heavy atom. The molecule has 1 aliphatic heterocycles. The van der Waals surface area contributed by atoms with Crippen LogP contribution < -0.4 is 0 Å². The molecule has 1 amide bonds. The number of methoxy groups -OCH3 is 1. The van der Waals surface area contributed by atoms with Crippen molar-refractivity contribution in [1.29, 1.82) is 0 Å². The van der Waals surface area contributed by atoms with E-state index in [1.54, 1.807) is 11.9 Å². The molecule has 0 aromatic heterocycles. The molecule has 1 unspecified atom stereocenters. The molecule has 1 aromatic carbocycles. The maximum Gasteiger partial charge on any atom is 0.323 e. The van der Waals surface area contributed by atoms with Gasteiger partial charge in [0.15, 0.2) is 0 Å². The quantitative estimate of drug-likeness (QED) is 0.777. The topological polar surface area (TPSA) is 49.9 Å². The SMILES string of the molecule is COC(=O)C1CCCN1CC(=O)N(C)Cc1ccc(Cl)cc1. The van der Waals surface area contributed by atoms with E-state index in [4.69, 9.17) is 16.3 Å². The van der Waals surface area contributed by atoms with Gasteiger partial charge in [0.1, 0.15) is 6.04 Å². The lowest BCUT2D eigenvalue weighted by molar-refractivity contribution is -0.146. The maximum atomic E-state index is 12.3. The molecule has 1 heterocycles. The molecule has 22 heavy (non-hydrogen) atoms. The second-order valence-corrected chi connectivity index (χ2v) is 5.96. The van der Waals surface area contributed by atoms with Crippen molar-refractivity contribution in [2.24, 2.45) is 0 Å². The van der Waals surface area contributed by atoms with E-state index >= 15 is 0 Å². The number of hydrogen-bond acceptors (Lipinski definition) is 4. The Balaban J connectivity index is 1.90. The lowest BCUT2D eigenvalue weighted by atomic mass is 10.2. The minimum atomic E-state index is -0.294. The van der Waals surface area contributed by atoms with Gasteiger partial charge in [0, 0.05) is 18.6 Å². The zero-order chi connectivity index (χ0) is 16.1. The summed E-state index contributed by atoms with van der Waals surface area (Å²) in [4.78, 5) is 27.6. The number of nitrogens with zero attached hydrogens (tertiary/aromatic N) is 2. The number of hydrogen-bond donors (Lipinski definition) is 0. The Morgan fingerprint density at radius 3 is 2.68 bits per heavy atom. The predicted molar refractivity (Wildman–Crippen MR) is 84.5 cm³/mol. The third-order valence-electron chi connectivity index (χ3n) is 3.93. The molecular formula is C16H21ClN2O3. The third kappa shape index (κ3) is 4.21. The second-order valence-electron chi connectivity index (χ2n) is 5.53. The molecule has 1 aliphatic rings. The van der Waals surface area contributed by atoms with E-state index < -0.39 is 0 Å². The van der Waals surface area contributed by atoms with Gasteiger partial charge in [-0.15, -0.1) is 0 Å². The molecule has 1 aromatic rings. The van der Waals surface area contributed by atoms with Crippen molar-refractivity contribution in [1.82, 2.24) is 9.80 Å². The first-order chi connectivity index (χ1) is 10.5. The van der Waals surface area contributed by atoms with Crippen LogP contribution in [0.1, 0.15) is 18.4 Å². The van der Waals surface area contributed by atoms with Gasteiger partial charge in [-0.3, -0.25) is 14.5 Å². The highest BCUT2D eigenvalue weighted by molar-refractivity contribution is 6.30. The van der Waals surface area contributed by atoms with Gasteiger partial charge in [-0.05, 0) is 37.1 Å². The summed E-state index contributed by atoms with van der Waals surface area (Å²) in [6.45, 7) is 1.51. The zero-order valence-electron chi connectivity index (χ0n) is 12.9. The van der Waals surface area contributed by atoms with Crippen molar-refractivity contribution in [3.05, 3.63) is 34.9 Å². The van der Waals surface area contributed by atoms with E-state index in [-0.39, 0.29) is 24.5 Å². The van der Waals surface area contributed by atoms with Crippen LogP contribution in [0.15, 0.2) is 24.3 Å². The molecule has 0 spiro atoms. The summed E-state index contributed by atoms with van der Waals surface area (Å²) >= 11 is 5.85. The standard InChI is InChI=1S/C16H21ClN2O3/c1-18(10-12-5-7-13(17)8-6-12)15(20)11-19-9-3-4-14(19)16(21)22-2/h5-8,14H,3-4,9-11H2,1-2H3. The van der Waals surface area contributed by atoms with Gasteiger partial charge in [0.05, 0.1) is 13.7 Å². The Hall–Kier alpha value is -1.59. The summed E-state index contributed by atoms with van der Waals surface area (Å²) in [5, 5.41) is 0.677. The van der Waals surface area contributed by atoms with Gasteiger partial charge in [-0.2, -0.15) is 0 Å².